The number of hydrogen-bond acceptors (Lipinski definition) is 22. The van der Waals surface area contributed by atoms with Gasteiger partial charge in [-0.1, -0.05) is 6.07 Å². The molecule has 0 amide bonds. The Morgan fingerprint density at radius 2 is 1.35 bits per heavy atom. The number of ether oxygens (including phenoxy) is 8. The molecule has 3 saturated heterocycles. The van der Waals surface area contributed by atoms with E-state index in [1.807, 2.05) is 0 Å². The zero-order chi connectivity index (χ0) is 47.0. The highest BCUT2D eigenvalue weighted by molar-refractivity contribution is 5.88. The third kappa shape index (κ3) is 9.84. The third-order valence-corrected chi connectivity index (χ3v) is 11.1. The molecule has 4 heterocycles. The van der Waals surface area contributed by atoms with E-state index in [9.17, 15) is 65.8 Å². The van der Waals surface area contributed by atoms with Gasteiger partial charge in [0.1, 0.15) is 77.0 Å². The normalized spacial score (nSPS) is 32.9. The molecule has 7 rings (SSSR count). The number of aliphatic hydroxyl groups is 7. The molecule has 15 atom stereocenters. The van der Waals surface area contributed by atoms with E-state index in [1.165, 1.54) is 69.5 Å². The first kappa shape index (κ1) is 47.4. The Morgan fingerprint density at radius 3 is 2.05 bits per heavy atom. The average Bonchev–Trinajstić information content (AvgIpc) is 3.27. The van der Waals surface area contributed by atoms with E-state index in [0.717, 1.165) is 18.2 Å². The number of carbonyl (C=O) groups excluding carboxylic acids is 1. The summed E-state index contributed by atoms with van der Waals surface area (Å²) in [6.45, 7) is 1.98. The number of carbonyl (C=O) groups is 1. The number of esters is 1. The molecular formula is C43H48O22. The Morgan fingerprint density at radius 1 is 0.692 bits per heavy atom. The first-order valence-corrected chi connectivity index (χ1v) is 20.1. The van der Waals surface area contributed by atoms with Crippen LogP contribution in [0.5, 0.6) is 34.5 Å². The summed E-state index contributed by atoms with van der Waals surface area (Å²) in [6, 6.07) is 11.3. The largest absolute Gasteiger partial charge is 0.508 e. The van der Waals surface area contributed by atoms with Crippen molar-refractivity contribution in [3.63, 3.8) is 0 Å². The maximum absolute atomic E-state index is 14.3. The van der Waals surface area contributed by atoms with Gasteiger partial charge in [0, 0.05) is 23.8 Å². The van der Waals surface area contributed by atoms with E-state index >= 15 is 0 Å². The quantitative estimate of drug-likeness (QED) is 0.0626. The predicted molar refractivity (Wildman–Crippen MR) is 217 cm³/mol. The van der Waals surface area contributed by atoms with Crippen molar-refractivity contribution in [1.29, 1.82) is 0 Å². The Bertz CT molecular complexity index is 2400. The maximum Gasteiger partial charge on any atom is 0.331 e. The number of methoxy groups -OCH3 is 1. The fourth-order valence-electron chi connectivity index (χ4n) is 7.44. The molecule has 1 aromatic heterocycles. The molecule has 352 valence electrons. The Kier molecular flexibility index (Phi) is 14.2. The number of hydrogen-bond donors (Lipinski definition) is 11. The van der Waals surface area contributed by atoms with E-state index < -0.39 is 133 Å². The highest BCUT2D eigenvalue weighted by atomic mass is 16.8. The van der Waals surface area contributed by atoms with Crippen molar-refractivity contribution in [2.45, 2.75) is 106 Å². The van der Waals surface area contributed by atoms with Gasteiger partial charge in [-0.05, 0) is 61.9 Å². The molecule has 11 N–H and O–H groups in total. The van der Waals surface area contributed by atoms with E-state index in [2.05, 4.69) is 0 Å². The molecule has 65 heavy (non-hydrogen) atoms. The number of benzene rings is 3. The average molecular weight is 917 g/mol. The molecule has 22 heteroatoms. The van der Waals surface area contributed by atoms with Crippen molar-refractivity contribution >= 4 is 23.0 Å². The lowest BCUT2D eigenvalue weighted by Gasteiger charge is -2.46. The van der Waals surface area contributed by atoms with Crippen molar-refractivity contribution in [3.8, 4) is 45.8 Å². The zero-order valence-corrected chi connectivity index (χ0v) is 34.6. The summed E-state index contributed by atoms with van der Waals surface area (Å²) in [5, 5.41) is 117. The summed E-state index contributed by atoms with van der Waals surface area (Å²) in [5.41, 5.74) is -0.834. The van der Waals surface area contributed by atoms with E-state index in [1.54, 1.807) is 0 Å². The second kappa shape index (κ2) is 19.5. The third-order valence-electron chi connectivity index (χ3n) is 11.1. The van der Waals surface area contributed by atoms with Gasteiger partial charge in [0.15, 0.2) is 42.0 Å². The molecule has 3 aromatic carbocycles. The summed E-state index contributed by atoms with van der Waals surface area (Å²) in [6.07, 6.45) is -23.5. The number of aliphatic hydroxyl groups excluding tert-OH is 7. The zero-order valence-electron chi connectivity index (χ0n) is 34.6. The molecule has 0 spiro atoms. The second-order valence-corrected chi connectivity index (χ2v) is 15.6. The van der Waals surface area contributed by atoms with E-state index in [0.29, 0.717) is 5.56 Å². The lowest BCUT2D eigenvalue weighted by Crippen LogP contribution is -2.65. The number of rotatable bonds is 12. The molecule has 0 bridgehead atoms. The van der Waals surface area contributed by atoms with Crippen molar-refractivity contribution in [3.05, 3.63) is 76.5 Å². The first-order chi connectivity index (χ1) is 30.9. The predicted octanol–water partition coefficient (Wildman–Crippen LogP) is -0.562. The molecule has 0 radical (unpaired) electrons. The number of aromatic hydroxyl groups is 4. The standard InChI is InChI=1S/C43H48O22/c1-16-29(49)33(53)36(56)41(59-16)65-40-35(55)31(51)26(15-58-42-39(34(54)30(50)17(2)60-42)63-27(48)11-5-18-4-10-22(46)24(12-18)57-3)62-43(40)64-38-32(52)28-23(47)13-21(45)14-25(28)61-37(38)19-6-8-20(44)9-7-19/h4-14,16-17,26,29-31,33-36,39-47,49-51,53-56H,15H2,1-3H3/b11-5+/t16-,17-,26+,29-,30-,31-,33+,34+,35-,36+,39+,40+,41-,42+,43-/m0/s1. The Labute approximate surface area is 367 Å². The minimum Gasteiger partial charge on any atom is -0.508 e. The molecule has 0 unspecified atom stereocenters. The molecular weight excluding hydrogens is 868 g/mol. The summed E-state index contributed by atoms with van der Waals surface area (Å²) in [5.74, 6) is -3.48. The highest BCUT2D eigenvalue weighted by Crippen LogP contribution is 2.39. The summed E-state index contributed by atoms with van der Waals surface area (Å²) >= 11 is 0. The highest BCUT2D eigenvalue weighted by Gasteiger charge is 2.53. The van der Waals surface area contributed by atoms with Crippen LogP contribution in [0.25, 0.3) is 28.4 Å². The van der Waals surface area contributed by atoms with E-state index in [4.69, 9.17) is 42.3 Å². The number of fused-ring (bicyclic) bond motifs is 1. The fourth-order valence-corrected chi connectivity index (χ4v) is 7.44. The minimum absolute atomic E-state index is 0.105. The van der Waals surface area contributed by atoms with Gasteiger partial charge < -0.3 is 98.5 Å². The van der Waals surface area contributed by atoms with Crippen LogP contribution >= 0.6 is 0 Å². The van der Waals surface area contributed by atoms with Gasteiger partial charge in [-0.25, -0.2) is 4.79 Å². The summed E-state index contributed by atoms with van der Waals surface area (Å²) in [7, 11) is 1.33. The lowest BCUT2D eigenvalue weighted by molar-refractivity contribution is -0.360. The monoisotopic (exact) mass is 916 g/mol. The second-order valence-electron chi connectivity index (χ2n) is 15.6. The number of phenols is 4. The minimum atomic E-state index is -2.08. The van der Waals surface area contributed by atoms with Crippen LogP contribution in [0, 0.1) is 0 Å². The van der Waals surface area contributed by atoms with Crippen LogP contribution in [0.2, 0.25) is 0 Å². The molecule has 22 nitrogen and oxygen atoms in total. The van der Waals surface area contributed by atoms with Crippen LogP contribution in [0.3, 0.4) is 0 Å². The van der Waals surface area contributed by atoms with Crippen molar-refractivity contribution in [2.24, 2.45) is 0 Å². The van der Waals surface area contributed by atoms with Gasteiger partial charge in [-0.3, -0.25) is 4.79 Å². The summed E-state index contributed by atoms with van der Waals surface area (Å²) < 4.78 is 51.8. The molecule has 3 fully saturated rings. The molecule has 0 aliphatic carbocycles. The van der Waals surface area contributed by atoms with Crippen molar-refractivity contribution < 1.29 is 103 Å². The lowest BCUT2D eigenvalue weighted by atomic mass is 9.97. The molecule has 3 aliphatic heterocycles. The van der Waals surface area contributed by atoms with E-state index in [-0.39, 0.29) is 34.2 Å². The van der Waals surface area contributed by atoms with Gasteiger partial charge in [-0.2, -0.15) is 0 Å². The van der Waals surface area contributed by atoms with Crippen LogP contribution in [0.1, 0.15) is 19.4 Å². The molecule has 0 saturated carbocycles. The van der Waals surface area contributed by atoms with Gasteiger partial charge in [0.25, 0.3) is 0 Å². The van der Waals surface area contributed by atoms with Gasteiger partial charge in [-0.15, -0.1) is 0 Å². The van der Waals surface area contributed by atoms with Crippen LogP contribution in [0.15, 0.2) is 69.9 Å². The van der Waals surface area contributed by atoms with Gasteiger partial charge in [0.2, 0.25) is 17.5 Å². The number of phenolic OH excluding ortho intramolecular Hbond substituents is 4. The topological polar surface area (TPSA) is 344 Å². The van der Waals surface area contributed by atoms with Crippen LogP contribution in [-0.2, 0) is 33.2 Å². The van der Waals surface area contributed by atoms with Gasteiger partial charge >= 0.3 is 5.97 Å². The Hall–Kier alpha value is -5.60. The van der Waals surface area contributed by atoms with Crippen LogP contribution < -0.4 is 14.9 Å². The SMILES string of the molecule is COc1cc(/C=C/C(=O)O[C@H]2[C@H](OC[C@H]3O[C@@H](Oc4c(-c5ccc(O)cc5)oc5cc(O)cc(O)c5c4=O)[C@H](O[C@@H]4O[C@@H](C)[C@H](O)[C@@H](O)[C@H]4O)[C@@H](O)[C@H]3O)O[C@@H](C)[C@H](O)[C@H]2O)ccc1O. The first-order valence-electron chi connectivity index (χ1n) is 20.1. The van der Waals surface area contributed by atoms with Crippen LogP contribution in [-0.4, -0.2) is 168 Å². The Balaban J connectivity index is 1.20. The molecule has 4 aromatic rings. The van der Waals surface area contributed by atoms with Gasteiger partial charge in [0.05, 0.1) is 25.9 Å². The van der Waals surface area contributed by atoms with Crippen molar-refractivity contribution in [1.82, 2.24) is 0 Å². The summed E-state index contributed by atoms with van der Waals surface area (Å²) in [4.78, 5) is 27.3. The fraction of sp³-hybridized carbons (Fsp3) is 0.442. The smallest absolute Gasteiger partial charge is 0.331 e. The van der Waals surface area contributed by atoms with Crippen LogP contribution in [0.4, 0.5) is 0 Å². The van der Waals surface area contributed by atoms with Crippen molar-refractivity contribution in [2.75, 3.05) is 13.7 Å². The maximum atomic E-state index is 14.3. The molecule has 3 aliphatic rings.